The first-order valence-corrected chi connectivity index (χ1v) is 7.03. The molecule has 1 aliphatic heterocycles. The molecule has 8 nitrogen and oxygen atoms in total. The maximum atomic E-state index is 12.0. The average molecular weight is 306 g/mol. The highest BCUT2D eigenvalue weighted by atomic mass is 16.5. The van der Waals surface area contributed by atoms with E-state index in [9.17, 15) is 9.90 Å². The Morgan fingerprint density at radius 2 is 2.41 bits per heavy atom. The van der Waals surface area contributed by atoms with Crippen LogP contribution >= 0.6 is 0 Å². The summed E-state index contributed by atoms with van der Waals surface area (Å²) in [5.74, 6) is -0.127. The number of carbonyl (C=O) groups is 1. The molecule has 0 unspecified atom stereocenters. The highest BCUT2D eigenvalue weighted by molar-refractivity contribution is 6.00. The van der Waals surface area contributed by atoms with Gasteiger partial charge < -0.3 is 20.3 Å². The summed E-state index contributed by atoms with van der Waals surface area (Å²) >= 11 is 0. The maximum absolute atomic E-state index is 12.0. The fraction of sp³-hybridized carbons (Fsp3) is 0.500. The number of nitrogens with zero attached hydrogens (tertiary/aromatic N) is 3. The predicted octanol–water partition coefficient (Wildman–Crippen LogP) is 0.557. The van der Waals surface area contributed by atoms with Gasteiger partial charge in [-0.25, -0.2) is 14.3 Å². The van der Waals surface area contributed by atoms with Gasteiger partial charge in [-0.15, -0.1) is 0 Å². The van der Waals surface area contributed by atoms with Crippen LogP contribution in [0.5, 0.6) is 0 Å². The number of methoxy groups -OCH3 is 1. The zero-order valence-electron chi connectivity index (χ0n) is 12.4. The number of hydrogen-bond donors (Lipinski definition) is 2. The number of ether oxygens (including phenoxy) is 2. The molecule has 2 aromatic rings. The van der Waals surface area contributed by atoms with E-state index in [1.54, 1.807) is 10.6 Å². The highest BCUT2D eigenvalue weighted by Gasteiger charge is 2.36. The number of aliphatic hydroxyl groups is 1. The van der Waals surface area contributed by atoms with Gasteiger partial charge in [0.1, 0.15) is 17.9 Å². The average Bonchev–Trinajstić information content (AvgIpc) is 3.08. The largest absolute Gasteiger partial charge is 0.465 e. The fourth-order valence-corrected chi connectivity index (χ4v) is 2.97. The molecule has 8 heteroatoms. The van der Waals surface area contributed by atoms with Gasteiger partial charge in [0.05, 0.1) is 31.1 Å². The molecule has 3 heterocycles. The molecule has 0 bridgehead atoms. The van der Waals surface area contributed by atoms with Crippen LogP contribution in [0.1, 0.15) is 35.5 Å². The lowest BCUT2D eigenvalue weighted by atomic mass is 9.99. The number of nitrogen functional groups attached to an aromatic ring is 1. The number of hydrogen-bond acceptors (Lipinski definition) is 7. The Bertz CT molecular complexity index is 714. The zero-order chi connectivity index (χ0) is 15.9. The van der Waals surface area contributed by atoms with Gasteiger partial charge in [-0.3, -0.25) is 0 Å². The van der Waals surface area contributed by atoms with Crippen LogP contribution in [0.25, 0.3) is 5.52 Å². The first-order valence-electron chi connectivity index (χ1n) is 7.03. The summed E-state index contributed by atoms with van der Waals surface area (Å²) in [4.78, 5) is 15.9. The molecule has 118 valence electrons. The molecule has 1 saturated heterocycles. The number of fused-ring (bicyclic) bond motifs is 1. The molecule has 1 aliphatic rings. The molecule has 3 atom stereocenters. The van der Waals surface area contributed by atoms with Crippen molar-refractivity contribution in [2.45, 2.75) is 25.6 Å². The van der Waals surface area contributed by atoms with Gasteiger partial charge in [0.2, 0.25) is 0 Å². The van der Waals surface area contributed by atoms with E-state index < -0.39 is 5.97 Å². The topological polar surface area (TPSA) is 112 Å². The predicted molar refractivity (Wildman–Crippen MR) is 77.2 cm³/mol. The van der Waals surface area contributed by atoms with Crippen molar-refractivity contribution in [3.05, 3.63) is 23.7 Å². The standard InChI is InChI=1S/C14H18N4O4/c1-7-3-8(5-19)22-12(7)10-4-9(14(20)21-2)11-13(15)16-6-17-18(10)11/h4,6-8,12,19H,3,5H2,1-2H3,(H2,15,16,17)/t7-,8-,12+/m0/s1. The van der Waals surface area contributed by atoms with Crippen molar-refractivity contribution in [3.8, 4) is 0 Å². The van der Waals surface area contributed by atoms with E-state index in [2.05, 4.69) is 10.1 Å². The molecule has 1 fully saturated rings. The van der Waals surface area contributed by atoms with Crippen molar-refractivity contribution in [3.63, 3.8) is 0 Å². The van der Waals surface area contributed by atoms with E-state index in [0.29, 0.717) is 16.8 Å². The number of anilines is 1. The van der Waals surface area contributed by atoms with Crippen molar-refractivity contribution in [1.82, 2.24) is 14.6 Å². The summed E-state index contributed by atoms with van der Waals surface area (Å²) in [6.07, 6.45) is 1.57. The van der Waals surface area contributed by atoms with Crippen LogP contribution < -0.4 is 5.73 Å². The smallest absolute Gasteiger partial charge is 0.340 e. The summed E-state index contributed by atoms with van der Waals surface area (Å²) in [7, 11) is 1.31. The van der Waals surface area contributed by atoms with Crippen molar-refractivity contribution >= 4 is 17.3 Å². The number of carbonyl (C=O) groups excluding carboxylic acids is 1. The van der Waals surface area contributed by atoms with E-state index in [0.717, 1.165) is 6.42 Å². The fourth-order valence-electron chi connectivity index (χ4n) is 2.97. The molecule has 0 saturated carbocycles. The monoisotopic (exact) mass is 306 g/mol. The molecule has 0 aromatic carbocycles. The maximum Gasteiger partial charge on any atom is 0.340 e. The Balaban J connectivity index is 2.15. The highest BCUT2D eigenvalue weighted by Crippen LogP contribution is 2.39. The second-order valence-electron chi connectivity index (χ2n) is 5.45. The van der Waals surface area contributed by atoms with Crippen molar-refractivity contribution in [2.24, 2.45) is 5.92 Å². The molecular weight excluding hydrogens is 288 g/mol. The second-order valence-corrected chi connectivity index (χ2v) is 5.45. The van der Waals surface area contributed by atoms with Crippen LogP contribution in [0.4, 0.5) is 5.82 Å². The quantitative estimate of drug-likeness (QED) is 0.797. The SMILES string of the molecule is COC(=O)c1cc([C@@H]2O[C@H](CO)C[C@@H]2C)n2ncnc(N)c12. The molecule has 0 amide bonds. The van der Waals surface area contributed by atoms with E-state index >= 15 is 0 Å². The van der Waals surface area contributed by atoms with Crippen LogP contribution in [0, 0.1) is 5.92 Å². The van der Waals surface area contributed by atoms with E-state index in [1.807, 2.05) is 6.92 Å². The Labute approximate surface area is 126 Å². The van der Waals surface area contributed by atoms with Gasteiger partial charge in [0, 0.05) is 0 Å². The molecule has 2 aromatic heterocycles. The normalized spacial score (nSPS) is 24.8. The van der Waals surface area contributed by atoms with Crippen molar-refractivity contribution < 1.29 is 19.4 Å². The summed E-state index contributed by atoms with van der Waals surface area (Å²) in [5.41, 5.74) is 7.31. The molecule has 0 spiro atoms. The minimum Gasteiger partial charge on any atom is -0.465 e. The third kappa shape index (κ3) is 2.20. The lowest BCUT2D eigenvalue weighted by molar-refractivity contribution is 0.00255. The van der Waals surface area contributed by atoms with Crippen LogP contribution in [0.15, 0.2) is 12.4 Å². The van der Waals surface area contributed by atoms with Gasteiger partial charge in [-0.2, -0.15) is 5.10 Å². The van der Waals surface area contributed by atoms with E-state index in [1.165, 1.54) is 13.4 Å². The zero-order valence-corrected chi connectivity index (χ0v) is 12.4. The van der Waals surface area contributed by atoms with Gasteiger partial charge in [0.25, 0.3) is 0 Å². The van der Waals surface area contributed by atoms with Crippen molar-refractivity contribution in [1.29, 1.82) is 0 Å². The van der Waals surface area contributed by atoms with Crippen LogP contribution in [-0.4, -0.2) is 45.5 Å². The Morgan fingerprint density at radius 3 is 3.05 bits per heavy atom. The van der Waals surface area contributed by atoms with Crippen LogP contribution in [0.2, 0.25) is 0 Å². The second kappa shape index (κ2) is 5.54. The van der Waals surface area contributed by atoms with Crippen molar-refractivity contribution in [2.75, 3.05) is 19.5 Å². The molecule has 0 aliphatic carbocycles. The summed E-state index contributed by atoms with van der Waals surface area (Å²) in [6, 6.07) is 1.67. The van der Waals surface area contributed by atoms with E-state index in [-0.39, 0.29) is 30.6 Å². The minimum absolute atomic E-state index is 0.0366. The van der Waals surface area contributed by atoms with Gasteiger partial charge in [-0.1, -0.05) is 6.92 Å². The lowest BCUT2D eigenvalue weighted by Gasteiger charge is -2.14. The Hall–Kier alpha value is -2.19. The third-order valence-corrected chi connectivity index (χ3v) is 4.00. The van der Waals surface area contributed by atoms with E-state index in [4.69, 9.17) is 15.2 Å². The molecule has 22 heavy (non-hydrogen) atoms. The third-order valence-electron chi connectivity index (χ3n) is 4.00. The Morgan fingerprint density at radius 1 is 1.64 bits per heavy atom. The number of esters is 1. The number of rotatable bonds is 3. The summed E-state index contributed by atoms with van der Waals surface area (Å²) in [6.45, 7) is 1.99. The first-order chi connectivity index (χ1) is 10.6. The summed E-state index contributed by atoms with van der Waals surface area (Å²) in [5, 5.41) is 13.5. The number of aromatic nitrogens is 3. The number of aliphatic hydroxyl groups excluding tert-OH is 1. The van der Waals surface area contributed by atoms with Gasteiger partial charge >= 0.3 is 5.97 Å². The minimum atomic E-state index is -0.505. The molecule has 3 rings (SSSR count). The van der Waals surface area contributed by atoms with Gasteiger partial charge in [-0.05, 0) is 18.4 Å². The molecule has 3 N–H and O–H groups in total. The number of nitrogens with two attached hydrogens (primary N) is 1. The van der Waals surface area contributed by atoms with Crippen LogP contribution in [-0.2, 0) is 9.47 Å². The van der Waals surface area contributed by atoms with Crippen LogP contribution in [0.3, 0.4) is 0 Å². The molecule has 0 radical (unpaired) electrons. The van der Waals surface area contributed by atoms with Gasteiger partial charge in [0.15, 0.2) is 5.82 Å². The summed E-state index contributed by atoms with van der Waals surface area (Å²) < 4.78 is 12.2. The molecular formula is C14H18N4O4. The lowest BCUT2D eigenvalue weighted by Crippen LogP contribution is -2.12. The first kappa shape index (κ1) is 14.7. The Kier molecular flexibility index (Phi) is 3.71.